The molecule has 1 N–H and O–H groups in total. The highest BCUT2D eigenvalue weighted by atomic mass is 16.5. The molecule has 0 spiro atoms. The van der Waals surface area contributed by atoms with Gasteiger partial charge in [-0.1, -0.05) is 6.92 Å². The van der Waals surface area contributed by atoms with Gasteiger partial charge in [-0.25, -0.2) is 4.98 Å². The summed E-state index contributed by atoms with van der Waals surface area (Å²) in [5, 5.41) is 7.81. The Hall–Kier alpha value is -2.48. The number of carbonyl (C=O) groups is 1. The zero-order valence-electron chi connectivity index (χ0n) is 13.3. The van der Waals surface area contributed by atoms with E-state index < -0.39 is 0 Å². The van der Waals surface area contributed by atoms with Gasteiger partial charge in [0.2, 0.25) is 5.88 Å². The molecule has 3 heterocycles. The highest BCUT2D eigenvalue weighted by molar-refractivity contribution is 5.92. The third kappa shape index (κ3) is 3.16. The highest BCUT2D eigenvalue weighted by Gasteiger charge is 2.32. The van der Waals surface area contributed by atoms with Crippen molar-refractivity contribution in [3.8, 4) is 5.88 Å². The number of aromatic amines is 1. The lowest BCUT2D eigenvalue weighted by Gasteiger charge is -2.39. The third-order valence-corrected chi connectivity index (χ3v) is 4.09. The molecule has 2 aromatic rings. The first kappa shape index (κ1) is 15.4. The molecule has 1 amide bonds. The Balaban J connectivity index is 1.76. The van der Waals surface area contributed by atoms with E-state index in [9.17, 15) is 4.79 Å². The summed E-state index contributed by atoms with van der Waals surface area (Å²) < 4.78 is 4.97. The minimum absolute atomic E-state index is 0.0684. The van der Waals surface area contributed by atoms with Crippen molar-refractivity contribution >= 4 is 5.91 Å². The number of ether oxygens (including phenoxy) is 1. The minimum Gasteiger partial charge on any atom is -0.480 e. The van der Waals surface area contributed by atoms with Crippen LogP contribution in [0.15, 0.2) is 24.5 Å². The van der Waals surface area contributed by atoms with Gasteiger partial charge in [0, 0.05) is 38.1 Å². The van der Waals surface area contributed by atoms with Crippen molar-refractivity contribution in [2.24, 2.45) is 0 Å². The molecule has 1 aliphatic rings. The lowest BCUT2D eigenvalue weighted by atomic mass is 10.1. The number of imidazole rings is 1. The summed E-state index contributed by atoms with van der Waals surface area (Å²) in [7, 11) is 1.52. The number of amides is 1. The summed E-state index contributed by atoms with van der Waals surface area (Å²) >= 11 is 0. The van der Waals surface area contributed by atoms with Gasteiger partial charge in [-0.3, -0.25) is 9.69 Å². The lowest BCUT2D eigenvalue weighted by molar-refractivity contribution is 0.0473. The molecule has 3 rings (SSSR count). The molecule has 0 aliphatic carbocycles. The van der Waals surface area contributed by atoms with Crippen LogP contribution in [0, 0.1) is 0 Å². The van der Waals surface area contributed by atoms with Gasteiger partial charge in [0.15, 0.2) is 5.69 Å². The van der Waals surface area contributed by atoms with Gasteiger partial charge >= 0.3 is 0 Å². The fraction of sp³-hybridized carbons (Fsp3) is 0.467. The first-order chi connectivity index (χ1) is 11.2. The maximum atomic E-state index is 12.6. The molecule has 0 bridgehead atoms. The van der Waals surface area contributed by atoms with Crippen LogP contribution >= 0.6 is 0 Å². The fourth-order valence-electron chi connectivity index (χ4n) is 2.81. The van der Waals surface area contributed by atoms with E-state index in [1.54, 1.807) is 29.4 Å². The number of rotatable bonds is 4. The number of nitrogens with zero attached hydrogens (tertiary/aromatic N) is 5. The van der Waals surface area contributed by atoms with Gasteiger partial charge in [-0.15, -0.1) is 10.2 Å². The first-order valence-electron chi connectivity index (χ1n) is 7.63. The Bertz CT molecular complexity index is 642. The van der Waals surface area contributed by atoms with Crippen LogP contribution in [0.2, 0.25) is 0 Å². The maximum Gasteiger partial charge on any atom is 0.274 e. The normalized spacial score (nSPS) is 18.9. The number of hydrogen-bond acceptors (Lipinski definition) is 6. The number of aromatic nitrogens is 4. The number of piperazine rings is 1. The van der Waals surface area contributed by atoms with E-state index in [1.807, 2.05) is 0 Å². The summed E-state index contributed by atoms with van der Waals surface area (Å²) in [6, 6.07) is 3.35. The van der Waals surface area contributed by atoms with E-state index in [-0.39, 0.29) is 11.9 Å². The second-order valence-electron chi connectivity index (χ2n) is 5.33. The maximum absolute atomic E-state index is 12.6. The van der Waals surface area contributed by atoms with Crippen molar-refractivity contribution < 1.29 is 9.53 Å². The Kier molecular flexibility index (Phi) is 4.52. The van der Waals surface area contributed by atoms with E-state index in [1.165, 1.54) is 7.11 Å². The average Bonchev–Trinajstić information content (AvgIpc) is 3.15. The minimum atomic E-state index is -0.118. The molecule has 1 aliphatic heterocycles. The van der Waals surface area contributed by atoms with Crippen molar-refractivity contribution in [1.29, 1.82) is 0 Å². The average molecular weight is 316 g/mol. The Morgan fingerprint density at radius 2 is 2.26 bits per heavy atom. The summed E-state index contributed by atoms with van der Waals surface area (Å²) in [5.41, 5.74) is 0.328. The summed E-state index contributed by atoms with van der Waals surface area (Å²) in [4.78, 5) is 24.3. The molecule has 0 aromatic carbocycles. The quantitative estimate of drug-likeness (QED) is 0.894. The van der Waals surface area contributed by atoms with Gasteiger partial charge in [0.25, 0.3) is 5.91 Å². The predicted octanol–water partition coefficient (Wildman–Crippen LogP) is 0.727. The zero-order valence-corrected chi connectivity index (χ0v) is 13.3. The fourth-order valence-corrected chi connectivity index (χ4v) is 2.81. The van der Waals surface area contributed by atoms with Crippen molar-refractivity contribution in [2.75, 3.05) is 33.3 Å². The standard InChI is InChI=1S/C15H20N6O2/c1-3-20-8-9-21(10-12(20)14-16-6-7-17-14)15(22)11-4-5-13(23-2)19-18-11/h4-7,12H,3,8-10H2,1-2H3,(H,16,17). The van der Waals surface area contributed by atoms with E-state index >= 15 is 0 Å². The Labute approximate surface area is 134 Å². The molecule has 1 unspecified atom stereocenters. The molecule has 122 valence electrons. The summed E-state index contributed by atoms with van der Waals surface area (Å²) in [6.45, 7) is 5.07. The predicted molar refractivity (Wildman–Crippen MR) is 83.1 cm³/mol. The van der Waals surface area contributed by atoms with E-state index in [0.717, 1.165) is 18.9 Å². The number of hydrogen-bond donors (Lipinski definition) is 1. The van der Waals surface area contributed by atoms with E-state index in [2.05, 4.69) is 32.0 Å². The van der Waals surface area contributed by atoms with Gasteiger partial charge in [-0.2, -0.15) is 0 Å². The zero-order chi connectivity index (χ0) is 16.2. The van der Waals surface area contributed by atoms with Crippen molar-refractivity contribution in [3.63, 3.8) is 0 Å². The van der Waals surface area contributed by atoms with Gasteiger partial charge in [0.1, 0.15) is 5.82 Å². The van der Waals surface area contributed by atoms with Gasteiger partial charge < -0.3 is 14.6 Å². The SMILES string of the molecule is CCN1CCN(C(=O)c2ccc(OC)nn2)CC1c1ncc[nH]1. The molecule has 2 aromatic heterocycles. The van der Waals surface area contributed by atoms with Crippen LogP contribution < -0.4 is 4.74 Å². The number of nitrogens with one attached hydrogen (secondary N) is 1. The molecule has 1 fully saturated rings. The van der Waals surface area contributed by atoms with Crippen molar-refractivity contribution in [1.82, 2.24) is 30.0 Å². The molecule has 8 heteroatoms. The number of H-pyrrole nitrogens is 1. The molecule has 0 saturated carbocycles. The van der Waals surface area contributed by atoms with Crippen LogP contribution in [-0.2, 0) is 0 Å². The Morgan fingerprint density at radius 3 is 2.87 bits per heavy atom. The van der Waals surface area contributed by atoms with Crippen LogP contribution in [0.3, 0.4) is 0 Å². The molecular weight excluding hydrogens is 296 g/mol. The highest BCUT2D eigenvalue weighted by Crippen LogP contribution is 2.23. The number of likely N-dealkylation sites (N-methyl/N-ethyl adjacent to an activating group) is 1. The molecule has 1 saturated heterocycles. The molecular formula is C15H20N6O2. The van der Waals surface area contributed by atoms with Crippen molar-refractivity contribution in [2.45, 2.75) is 13.0 Å². The lowest BCUT2D eigenvalue weighted by Crippen LogP contribution is -2.50. The first-order valence-corrected chi connectivity index (χ1v) is 7.63. The van der Waals surface area contributed by atoms with Gasteiger partial charge in [0.05, 0.1) is 13.2 Å². The van der Waals surface area contributed by atoms with Gasteiger partial charge in [-0.05, 0) is 12.6 Å². The van der Waals surface area contributed by atoms with Crippen molar-refractivity contribution in [3.05, 3.63) is 36.0 Å². The molecule has 0 radical (unpaired) electrons. The van der Waals surface area contributed by atoms with Crippen LogP contribution in [0.5, 0.6) is 5.88 Å². The van der Waals surface area contributed by atoms with E-state index in [0.29, 0.717) is 24.7 Å². The van der Waals surface area contributed by atoms with Crippen LogP contribution in [-0.4, -0.2) is 69.2 Å². The second-order valence-corrected chi connectivity index (χ2v) is 5.33. The smallest absolute Gasteiger partial charge is 0.274 e. The number of methoxy groups -OCH3 is 1. The molecule has 8 nitrogen and oxygen atoms in total. The number of carbonyl (C=O) groups excluding carboxylic acids is 1. The summed E-state index contributed by atoms with van der Waals surface area (Å²) in [6.07, 6.45) is 3.54. The van der Waals surface area contributed by atoms with E-state index in [4.69, 9.17) is 4.74 Å². The largest absolute Gasteiger partial charge is 0.480 e. The molecule has 1 atom stereocenters. The monoisotopic (exact) mass is 316 g/mol. The third-order valence-electron chi connectivity index (χ3n) is 4.09. The second kappa shape index (κ2) is 6.74. The van der Waals surface area contributed by atoms with Crippen LogP contribution in [0.1, 0.15) is 29.3 Å². The molecule has 23 heavy (non-hydrogen) atoms. The summed E-state index contributed by atoms with van der Waals surface area (Å²) in [5.74, 6) is 1.16. The Morgan fingerprint density at radius 1 is 1.39 bits per heavy atom. The van der Waals surface area contributed by atoms with Crippen LogP contribution in [0.4, 0.5) is 0 Å². The van der Waals surface area contributed by atoms with Crippen LogP contribution in [0.25, 0.3) is 0 Å². The topological polar surface area (TPSA) is 87.2 Å².